The fourth-order valence-electron chi connectivity index (χ4n) is 7.24. The van der Waals surface area contributed by atoms with E-state index in [0.717, 1.165) is 38.5 Å². The number of carbonyl (C=O) groups is 2. The molecule has 0 saturated heterocycles. The molecule has 0 rings (SSSR count). The van der Waals surface area contributed by atoms with Crippen molar-refractivity contribution in [3.05, 3.63) is 24.3 Å². The average molecular weight is 958 g/mol. The largest absolute Gasteiger partial charge is 2.00 e. The van der Waals surface area contributed by atoms with Crippen LogP contribution in [0.5, 0.6) is 0 Å². The van der Waals surface area contributed by atoms with Crippen molar-refractivity contribution in [1.29, 1.82) is 0 Å². The van der Waals surface area contributed by atoms with Gasteiger partial charge >= 0.3 is 37.7 Å². The van der Waals surface area contributed by atoms with Crippen LogP contribution >= 0.6 is 0 Å². The molecule has 63 heavy (non-hydrogen) atoms. The molecule has 0 aromatic heterocycles. The van der Waals surface area contributed by atoms with E-state index in [2.05, 4.69) is 38.2 Å². The molecular formula is C50H96CaN2O8S2. The van der Waals surface area contributed by atoms with Gasteiger partial charge < -0.3 is 18.9 Å². The van der Waals surface area contributed by atoms with Crippen LogP contribution in [0.2, 0.25) is 0 Å². The summed E-state index contributed by atoms with van der Waals surface area (Å²) < 4.78 is 63.6. The second-order valence-electron chi connectivity index (χ2n) is 17.7. The van der Waals surface area contributed by atoms with Crippen molar-refractivity contribution >= 4 is 69.8 Å². The number of hydrogen-bond donors (Lipinski definition) is 0. The molecule has 0 spiro atoms. The van der Waals surface area contributed by atoms with Crippen molar-refractivity contribution < 1.29 is 35.5 Å². The molecule has 13 heteroatoms. The number of rotatable bonds is 44. The minimum atomic E-state index is -4.25. The van der Waals surface area contributed by atoms with Crippen LogP contribution in [0.4, 0.5) is 0 Å². The first kappa shape index (κ1) is 66.8. The molecule has 0 unspecified atom stereocenters. The van der Waals surface area contributed by atoms with Crippen LogP contribution in [0, 0.1) is 0 Å². The van der Waals surface area contributed by atoms with Crippen molar-refractivity contribution in [2.24, 2.45) is 0 Å². The summed E-state index contributed by atoms with van der Waals surface area (Å²) in [6.45, 7) is 4.50. The summed E-state index contributed by atoms with van der Waals surface area (Å²) in [4.78, 5) is 26.4. The minimum Gasteiger partial charge on any atom is -0.748 e. The van der Waals surface area contributed by atoms with Gasteiger partial charge in [0.1, 0.15) is 0 Å². The molecule has 368 valence electrons. The Hall–Kier alpha value is -0.500. The molecule has 0 heterocycles. The summed E-state index contributed by atoms with van der Waals surface area (Å²) in [6, 6.07) is 0. The number of nitrogens with zero attached hydrogens (tertiary/aromatic N) is 2. The smallest absolute Gasteiger partial charge is 0.748 e. The SMILES string of the molecule is CCCCCCCC/C=C/CCCCCCCCCCCC(=O)N(C)CCS(=O)(=O)[O-].CCCCCCCC/C=C/CCCCCCCCCCCC(=O)N(C)CCS(=O)(=O)[O-].[Ca+2]. The monoisotopic (exact) mass is 957 g/mol. The maximum atomic E-state index is 11.9. The van der Waals surface area contributed by atoms with Gasteiger partial charge in [-0.3, -0.25) is 9.59 Å². The van der Waals surface area contributed by atoms with Gasteiger partial charge in [-0.15, -0.1) is 0 Å². The maximum Gasteiger partial charge on any atom is 2.00 e. The summed E-state index contributed by atoms with van der Waals surface area (Å²) >= 11 is 0. The number of unbranched alkanes of at least 4 members (excludes halogenated alkanes) is 30. The van der Waals surface area contributed by atoms with Gasteiger partial charge in [-0.2, -0.15) is 0 Å². The first-order valence-corrected chi connectivity index (χ1v) is 28.5. The van der Waals surface area contributed by atoms with E-state index in [9.17, 15) is 35.5 Å². The van der Waals surface area contributed by atoms with Crippen molar-refractivity contribution in [2.75, 3.05) is 38.7 Å². The van der Waals surface area contributed by atoms with Gasteiger partial charge in [0.25, 0.3) is 0 Å². The maximum absolute atomic E-state index is 11.9. The quantitative estimate of drug-likeness (QED) is 0.0253. The Morgan fingerprint density at radius 2 is 0.587 bits per heavy atom. The number of hydrogen-bond acceptors (Lipinski definition) is 8. The molecule has 0 fully saturated rings. The molecule has 0 bridgehead atoms. The van der Waals surface area contributed by atoms with Gasteiger partial charge in [0.05, 0.1) is 31.7 Å². The second kappa shape index (κ2) is 49.4. The Labute approximate surface area is 419 Å². The van der Waals surface area contributed by atoms with Crippen LogP contribution in [-0.4, -0.2) is 124 Å². The zero-order valence-electron chi connectivity index (χ0n) is 41.3. The van der Waals surface area contributed by atoms with Crippen molar-refractivity contribution in [2.45, 2.75) is 245 Å². The Balaban J connectivity index is -0.00000112. The van der Waals surface area contributed by atoms with Gasteiger partial charge in [0.15, 0.2) is 0 Å². The van der Waals surface area contributed by atoms with Gasteiger partial charge in [-0.05, 0) is 64.2 Å². The van der Waals surface area contributed by atoms with E-state index in [1.165, 1.54) is 190 Å². The third-order valence-corrected chi connectivity index (χ3v) is 12.9. The molecule has 0 N–H and O–H groups in total. The van der Waals surface area contributed by atoms with E-state index in [1.807, 2.05) is 0 Å². The van der Waals surface area contributed by atoms with E-state index in [4.69, 9.17) is 0 Å². The van der Waals surface area contributed by atoms with E-state index in [-0.39, 0.29) is 62.6 Å². The van der Waals surface area contributed by atoms with Crippen LogP contribution in [0.15, 0.2) is 24.3 Å². The average Bonchev–Trinajstić information content (AvgIpc) is 3.23. The Morgan fingerprint density at radius 1 is 0.381 bits per heavy atom. The normalized spacial score (nSPS) is 11.8. The topological polar surface area (TPSA) is 155 Å². The molecular weight excluding hydrogens is 861 g/mol. The standard InChI is InChI=1S/2C25H49NO4S.Ca/c2*1-3-4-5-6-7-8-9-10-11-12-13-14-15-16-17-18-19-20-21-22-25(27)26(2)23-24-31(28,29)30;/h2*10-11H,3-9,12-24H2,1-2H3,(H,28,29,30);/q;;+2/p-2/b2*11-10+;. The number of carbonyl (C=O) groups excluding carboxylic acids is 2. The van der Waals surface area contributed by atoms with Gasteiger partial charge in [0, 0.05) is 40.0 Å². The van der Waals surface area contributed by atoms with E-state index in [0.29, 0.717) is 12.8 Å². The molecule has 2 amide bonds. The van der Waals surface area contributed by atoms with Crippen LogP contribution < -0.4 is 0 Å². The third-order valence-electron chi connectivity index (χ3n) is 11.5. The van der Waals surface area contributed by atoms with Crippen molar-refractivity contribution in [3.63, 3.8) is 0 Å². The molecule has 0 saturated carbocycles. The molecule has 0 radical (unpaired) electrons. The fourth-order valence-corrected chi connectivity index (χ4v) is 8.23. The molecule has 0 aliphatic rings. The van der Waals surface area contributed by atoms with Crippen LogP contribution in [0.3, 0.4) is 0 Å². The molecule has 0 aliphatic carbocycles. The molecule has 0 aliphatic heterocycles. The number of amides is 2. The predicted octanol–water partition coefficient (Wildman–Crippen LogP) is 12.8. The predicted molar refractivity (Wildman–Crippen MR) is 266 cm³/mol. The first-order valence-electron chi connectivity index (χ1n) is 25.4. The van der Waals surface area contributed by atoms with E-state index < -0.39 is 31.7 Å². The molecule has 10 nitrogen and oxygen atoms in total. The second-order valence-corrected chi connectivity index (χ2v) is 20.7. The zero-order chi connectivity index (χ0) is 46.4. The van der Waals surface area contributed by atoms with Gasteiger partial charge in [-0.25, -0.2) is 16.8 Å². The summed E-state index contributed by atoms with van der Waals surface area (Å²) in [7, 11) is -5.40. The van der Waals surface area contributed by atoms with Gasteiger partial charge in [-0.1, -0.05) is 192 Å². The van der Waals surface area contributed by atoms with E-state index in [1.54, 1.807) is 14.1 Å². The Kier molecular flexibility index (Phi) is 52.4. The van der Waals surface area contributed by atoms with Gasteiger partial charge in [0.2, 0.25) is 11.8 Å². The Bertz CT molecular complexity index is 1200. The molecule has 0 aromatic rings. The van der Waals surface area contributed by atoms with Crippen LogP contribution in [0.25, 0.3) is 0 Å². The number of allylic oxidation sites excluding steroid dienone is 4. The van der Waals surface area contributed by atoms with E-state index >= 15 is 0 Å². The molecule has 0 aromatic carbocycles. The zero-order valence-corrected chi connectivity index (χ0v) is 45.1. The van der Waals surface area contributed by atoms with Crippen molar-refractivity contribution in [1.82, 2.24) is 9.80 Å². The summed E-state index contributed by atoms with van der Waals surface area (Å²) in [5.41, 5.74) is 0. The van der Waals surface area contributed by atoms with Crippen LogP contribution in [-0.2, 0) is 29.8 Å². The Morgan fingerprint density at radius 3 is 0.810 bits per heavy atom. The van der Waals surface area contributed by atoms with Crippen LogP contribution in [0.1, 0.15) is 245 Å². The third kappa shape index (κ3) is 57.6. The molecule has 0 atom stereocenters. The summed E-state index contributed by atoms with van der Waals surface area (Å²) in [5.74, 6) is -1.18. The van der Waals surface area contributed by atoms with Crippen molar-refractivity contribution in [3.8, 4) is 0 Å². The minimum absolute atomic E-state index is 0. The first-order chi connectivity index (χ1) is 29.7. The fraction of sp³-hybridized carbons (Fsp3) is 0.880. The summed E-state index contributed by atoms with van der Waals surface area (Å²) in [6.07, 6.45) is 53.2. The summed E-state index contributed by atoms with van der Waals surface area (Å²) in [5, 5.41) is 0.